The molecule has 0 heterocycles. The van der Waals surface area contributed by atoms with Crippen LogP contribution in [0, 0.1) is 11.8 Å². The summed E-state index contributed by atoms with van der Waals surface area (Å²) in [6.07, 6.45) is 2.30. The summed E-state index contributed by atoms with van der Waals surface area (Å²) < 4.78 is 15.8. The van der Waals surface area contributed by atoms with Crippen LogP contribution in [0.5, 0.6) is 11.5 Å². The van der Waals surface area contributed by atoms with E-state index in [0.717, 1.165) is 12.8 Å². The molecule has 0 spiro atoms. The van der Waals surface area contributed by atoms with Gasteiger partial charge in [-0.05, 0) is 50.3 Å². The van der Waals surface area contributed by atoms with E-state index in [1.807, 2.05) is 0 Å². The molecule has 1 aromatic rings. The first kappa shape index (κ1) is 22.7. The van der Waals surface area contributed by atoms with Crippen molar-refractivity contribution in [3.8, 4) is 11.5 Å². The smallest absolute Gasteiger partial charge is 0.344 e. The lowest BCUT2D eigenvalue weighted by Gasteiger charge is -2.35. The van der Waals surface area contributed by atoms with Crippen molar-refractivity contribution in [1.29, 1.82) is 0 Å². The highest BCUT2D eigenvalue weighted by molar-refractivity contribution is 5.94. The van der Waals surface area contributed by atoms with Crippen molar-refractivity contribution in [2.45, 2.75) is 59.1 Å². The maximum absolute atomic E-state index is 12.4. The Hall–Kier alpha value is -2.57. The second-order valence-electron chi connectivity index (χ2n) is 7.72. The van der Waals surface area contributed by atoms with Crippen LogP contribution >= 0.6 is 0 Å². The highest BCUT2D eigenvalue weighted by Gasteiger charge is 2.30. The van der Waals surface area contributed by atoms with Crippen LogP contribution in [0.3, 0.4) is 0 Å². The second-order valence-corrected chi connectivity index (χ2v) is 7.72. The molecule has 29 heavy (non-hydrogen) atoms. The molecule has 0 radical (unpaired) electrons. The van der Waals surface area contributed by atoms with Crippen LogP contribution < -0.4 is 14.8 Å². The van der Waals surface area contributed by atoms with Crippen molar-refractivity contribution in [3.63, 3.8) is 0 Å². The molecule has 0 bridgehead atoms. The van der Waals surface area contributed by atoms with E-state index >= 15 is 0 Å². The summed E-state index contributed by atoms with van der Waals surface area (Å²) >= 11 is 0. The lowest BCUT2D eigenvalue weighted by atomic mass is 9.78. The standard InChI is InChI=1S/C22H31NO6/c1-13-7-6-8-18(14(13)2)23-22(26)16(4)29-21(25)12-28-19-10-9-17(15(3)24)11-20(19)27-5/h9-11,13-14,16,18H,6-8,12H2,1-5H3,(H,23,26)/t13-,14-,16-,18+/m1/s1. The monoisotopic (exact) mass is 405 g/mol. The molecule has 1 aliphatic rings. The maximum atomic E-state index is 12.4. The lowest BCUT2D eigenvalue weighted by molar-refractivity contribution is -0.157. The Balaban J connectivity index is 1.85. The first-order valence-corrected chi connectivity index (χ1v) is 10.0. The molecule has 1 N–H and O–H groups in total. The molecule has 7 nitrogen and oxygen atoms in total. The molecule has 1 aliphatic carbocycles. The Morgan fingerprint density at radius 3 is 2.55 bits per heavy atom. The van der Waals surface area contributed by atoms with Crippen LogP contribution in [0.25, 0.3) is 0 Å². The number of methoxy groups -OCH3 is 1. The summed E-state index contributed by atoms with van der Waals surface area (Å²) in [5, 5.41) is 3.00. The van der Waals surface area contributed by atoms with Gasteiger partial charge in [0.25, 0.3) is 5.91 Å². The molecule has 160 valence electrons. The number of esters is 1. The maximum Gasteiger partial charge on any atom is 0.344 e. The summed E-state index contributed by atoms with van der Waals surface area (Å²) in [5.41, 5.74) is 0.480. The van der Waals surface area contributed by atoms with E-state index in [0.29, 0.717) is 28.9 Å². The Morgan fingerprint density at radius 1 is 1.17 bits per heavy atom. The average molecular weight is 405 g/mol. The number of Topliss-reactive ketones (excluding diaryl/α,β-unsaturated/α-hetero) is 1. The molecule has 1 amide bonds. The summed E-state index contributed by atoms with van der Waals surface area (Å²) in [7, 11) is 1.45. The Kier molecular flexibility index (Phi) is 8.05. The zero-order chi connectivity index (χ0) is 21.6. The van der Waals surface area contributed by atoms with Crippen LogP contribution in [-0.2, 0) is 14.3 Å². The van der Waals surface area contributed by atoms with Gasteiger partial charge in [0.05, 0.1) is 7.11 Å². The van der Waals surface area contributed by atoms with Gasteiger partial charge in [-0.3, -0.25) is 9.59 Å². The van der Waals surface area contributed by atoms with E-state index in [2.05, 4.69) is 19.2 Å². The number of hydrogen-bond donors (Lipinski definition) is 1. The van der Waals surface area contributed by atoms with Crippen LogP contribution in [0.1, 0.15) is 57.3 Å². The minimum Gasteiger partial charge on any atom is -0.493 e. The number of ketones is 1. The predicted octanol–water partition coefficient (Wildman–Crippen LogP) is 3.15. The van der Waals surface area contributed by atoms with Gasteiger partial charge in [0.1, 0.15) is 0 Å². The summed E-state index contributed by atoms with van der Waals surface area (Å²) in [4.78, 5) is 35.9. The van der Waals surface area contributed by atoms with Gasteiger partial charge in [-0.15, -0.1) is 0 Å². The van der Waals surface area contributed by atoms with Gasteiger partial charge >= 0.3 is 5.97 Å². The number of rotatable bonds is 8. The molecule has 0 aromatic heterocycles. The molecule has 1 saturated carbocycles. The van der Waals surface area contributed by atoms with Gasteiger partial charge in [-0.25, -0.2) is 4.79 Å². The van der Waals surface area contributed by atoms with Crippen molar-refractivity contribution in [3.05, 3.63) is 23.8 Å². The van der Waals surface area contributed by atoms with E-state index in [1.165, 1.54) is 20.5 Å². The second kappa shape index (κ2) is 10.3. The minimum absolute atomic E-state index is 0.101. The van der Waals surface area contributed by atoms with Crippen molar-refractivity contribution >= 4 is 17.7 Å². The predicted molar refractivity (Wildman–Crippen MR) is 108 cm³/mol. The number of carbonyl (C=O) groups excluding carboxylic acids is 3. The Bertz CT molecular complexity index is 747. The molecule has 7 heteroatoms. The molecule has 4 atom stereocenters. The third kappa shape index (κ3) is 6.21. The number of nitrogens with one attached hydrogen (secondary N) is 1. The normalized spacial score (nSPS) is 22.3. The Morgan fingerprint density at radius 2 is 1.90 bits per heavy atom. The van der Waals surface area contributed by atoms with Crippen LogP contribution in [0.4, 0.5) is 0 Å². The number of ether oxygens (including phenoxy) is 3. The van der Waals surface area contributed by atoms with E-state index in [-0.39, 0.29) is 24.3 Å². The van der Waals surface area contributed by atoms with Gasteiger partial charge in [0, 0.05) is 11.6 Å². The molecule has 1 aromatic carbocycles. The van der Waals surface area contributed by atoms with E-state index < -0.39 is 12.1 Å². The number of hydrogen-bond acceptors (Lipinski definition) is 6. The fourth-order valence-electron chi connectivity index (χ4n) is 3.51. The van der Waals surface area contributed by atoms with Gasteiger partial charge < -0.3 is 19.5 Å². The van der Waals surface area contributed by atoms with Crippen molar-refractivity contribution in [2.24, 2.45) is 11.8 Å². The fraction of sp³-hybridized carbons (Fsp3) is 0.591. The topological polar surface area (TPSA) is 90.9 Å². The van der Waals surface area contributed by atoms with Crippen molar-refractivity contribution in [1.82, 2.24) is 5.32 Å². The highest BCUT2D eigenvalue weighted by Crippen LogP contribution is 2.30. The fourth-order valence-corrected chi connectivity index (χ4v) is 3.51. The number of benzene rings is 1. The molecular formula is C22H31NO6. The van der Waals surface area contributed by atoms with Gasteiger partial charge in [-0.2, -0.15) is 0 Å². The quantitative estimate of drug-likeness (QED) is 0.528. The van der Waals surface area contributed by atoms with E-state index in [4.69, 9.17) is 14.2 Å². The first-order chi connectivity index (χ1) is 13.7. The molecule has 0 saturated heterocycles. The Labute approximate surface area is 172 Å². The SMILES string of the molecule is COc1cc(C(C)=O)ccc1OCC(=O)O[C@H](C)C(=O)N[C@H]1CCC[C@@H](C)[C@H]1C. The zero-order valence-corrected chi connectivity index (χ0v) is 17.8. The largest absolute Gasteiger partial charge is 0.493 e. The first-order valence-electron chi connectivity index (χ1n) is 10.0. The van der Waals surface area contributed by atoms with Gasteiger partial charge in [0.15, 0.2) is 30.0 Å². The van der Waals surface area contributed by atoms with E-state index in [9.17, 15) is 14.4 Å². The summed E-state index contributed by atoms with van der Waals surface area (Å²) in [6, 6.07) is 4.80. The number of carbonyl (C=O) groups is 3. The highest BCUT2D eigenvalue weighted by atomic mass is 16.6. The van der Waals surface area contributed by atoms with Gasteiger partial charge in [0.2, 0.25) is 0 Å². The summed E-state index contributed by atoms with van der Waals surface area (Å²) in [5.74, 6) is 0.557. The van der Waals surface area contributed by atoms with Gasteiger partial charge in [-0.1, -0.05) is 26.7 Å². The van der Waals surface area contributed by atoms with E-state index in [1.54, 1.807) is 25.1 Å². The molecule has 1 fully saturated rings. The van der Waals surface area contributed by atoms with Crippen LogP contribution in [0.15, 0.2) is 18.2 Å². The third-order valence-corrected chi connectivity index (χ3v) is 5.63. The van der Waals surface area contributed by atoms with Crippen molar-refractivity contribution in [2.75, 3.05) is 13.7 Å². The molecule has 0 unspecified atom stereocenters. The lowest BCUT2D eigenvalue weighted by Crippen LogP contribution is -2.47. The summed E-state index contributed by atoms with van der Waals surface area (Å²) in [6.45, 7) is 6.97. The molecule has 0 aliphatic heterocycles. The molecular weight excluding hydrogens is 374 g/mol. The van der Waals surface area contributed by atoms with Crippen LogP contribution in [0.2, 0.25) is 0 Å². The third-order valence-electron chi connectivity index (χ3n) is 5.63. The minimum atomic E-state index is -0.905. The van der Waals surface area contributed by atoms with Crippen molar-refractivity contribution < 1.29 is 28.6 Å². The molecule has 2 rings (SSSR count). The number of amides is 1. The van der Waals surface area contributed by atoms with Crippen LogP contribution in [-0.4, -0.2) is 43.5 Å². The average Bonchev–Trinajstić information content (AvgIpc) is 2.69. The zero-order valence-electron chi connectivity index (χ0n) is 17.8.